The first-order valence-electron chi connectivity index (χ1n) is 9.11. The molecule has 0 aliphatic carbocycles. The minimum atomic E-state index is -0.752. The number of aliphatic hydroxyl groups is 1. The molecule has 0 atom stereocenters. The summed E-state index contributed by atoms with van der Waals surface area (Å²) in [5.41, 5.74) is -0.752. The lowest BCUT2D eigenvalue weighted by Crippen LogP contribution is -2.54. The lowest BCUT2D eigenvalue weighted by Gasteiger charge is -2.36. The molecule has 1 amide bonds. The number of furan rings is 1. The van der Waals surface area contributed by atoms with Crippen molar-refractivity contribution in [3.05, 3.63) is 24.2 Å². The van der Waals surface area contributed by atoms with Gasteiger partial charge in [-0.1, -0.05) is 13.8 Å². The van der Waals surface area contributed by atoms with E-state index in [2.05, 4.69) is 15.2 Å². The van der Waals surface area contributed by atoms with Crippen LogP contribution in [0.25, 0.3) is 0 Å². The van der Waals surface area contributed by atoms with Gasteiger partial charge in [0.05, 0.1) is 18.4 Å². The van der Waals surface area contributed by atoms with Gasteiger partial charge in [-0.2, -0.15) is 0 Å². The van der Waals surface area contributed by atoms with E-state index in [0.717, 1.165) is 12.5 Å². The molecule has 1 aliphatic heterocycles. The highest BCUT2D eigenvalue weighted by atomic mass is 127. The maximum Gasteiger partial charge on any atom is 0.289 e. The molecule has 2 N–H and O–H groups in total. The highest BCUT2D eigenvalue weighted by Crippen LogP contribution is 2.15. The summed E-state index contributed by atoms with van der Waals surface area (Å²) in [4.78, 5) is 20.9. The van der Waals surface area contributed by atoms with Crippen LogP contribution in [-0.2, 0) is 0 Å². The first-order chi connectivity index (χ1) is 12.0. The van der Waals surface area contributed by atoms with Gasteiger partial charge in [-0.15, -0.1) is 24.0 Å². The predicted molar refractivity (Wildman–Crippen MR) is 113 cm³/mol. The molecule has 1 fully saturated rings. The van der Waals surface area contributed by atoms with Crippen LogP contribution in [-0.4, -0.2) is 71.6 Å². The van der Waals surface area contributed by atoms with Crippen LogP contribution in [0.3, 0.4) is 0 Å². The summed E-state index contributed by atoms with van der Waals surface area (Å²) in [5, 5.41) is 13.7. The van der Waals surface area contributed by atoms with Gasteiger partial charge in [0.1, 0.15) is 0 Å². The molecule has 7 nitrogen and oxygen atoms in total. The number of nitrogens with zero attached hydrogens (tertiary/aromatic N) is 3. The number of amides is 1. The first kappa shape index (κ1) is 22.8. The zero-order valence-corrected chi connectivity index (χ0v) is 18.2. The van der Waals surface area contributed by atoms with Gasteiger partial charge in [0.15, 0.2) is 11.7 Å². The molecule has 1 saturated heterocycles. The van der Waals surface area contributed by atoms with Crippen molar-refractivity contribution in [2.75, 3.05) is 39.3 Å². The Bertz CT molecular complexity index is 565. The third-order valence-electron chi connectivity index (χ3n) is 4.77. The van der Waals surface area contributed by atoms with E-state index in [4.69, 9.17) is 4.42 Å². The molecule has 0 bridgehead atoms. The van der Waals surface area contributed by atoms with Crippen molar-refractivity contribution < 1.29 is 14.3 Å². The molecular weight excluding hydrogens is 447 g/mol. The lowest BCUT2D eigenvalue weighted by atomic mass is 9.98. The predicted octanol–water partition coefficient (Wildman–Crippen LogP) is 2.17. The normalized spacial score (nSPS) is 15.6. The number of rotatable bonds is 6. The number of hydrogen-bond acceptors (Lipinski definition) is 4. The summed E-state index contributed by atoms with van der Waals surface area (Å²) in [7, 11) is 0. The largest absolute Gasteiger partial charge is 0.459 e. The molecule has 148 valence electrons. The number of nitrogens with one attached hydrogen (secondary N) is 1. The Hall–Kier alpha value is -1.29. The van der Waals surface area contributed by atoms with Crippen LogP contribution in [0.5, 0.6) is 0 Å². The van der Waals surface area contributed by atoms with Crippen molar-refractivity contribution in [1.29, 1.82) is 0 Å². The Balaban J connectivity index is 0.00000338. The van der Waals surface area contributed by atoms with Gasteiger partial charge in [-0.25, -0.2) is 0 Å². The quantitative estimate of drug-likeness (QED) is 0.372. The van der Waals surface area contributed by atoms with Gasteiger partial charge in [0.25, 0.3) is 5.91 Å². The minimum absolute atomic E-state index is 0. The van der Waals surface area contributed by atoms with E-state index in [-0.39, 0.29) is 29.9 Å². The molecule has 1 aromatic rings. The van der Waals surface area contributed by atoms with Crippen LogP contribution in [0.15, 0.2) is 27.8 Å². The molecule has 0 unspecified atom stereocenters. The van der Waals surface area contributed by atoms with E-state index in [1.165, 1.54) is 6.26 Å². The monoisotopic (exact) mass is 478 g/mol. The summed E-state index contributed by atoms with van der Waals surface area (Å²) in [6.07, 6.45) is 2.87. The van der Waals surface area contributed by atoms with Crippen molar-refractivity contribution in [1.82, 2.24) is 15.1 Å². The molecular formula is C18H31IN4O3. The fourth-order valence-corrected chi connectivity index (χ4v) is 2.80. The Morgan fingerprint density at radius 3 is 2.35 bits per heavy atom. The molecule has 1 aromatic heterocycles. The highest BCUT2D eigenvalue weighted by molar-refractivity contribution is 14.0. The topological polar surface area (TPSA) is 81.3 Å². The number of carbonyl (C=O) groups excluding carboxylic acids is 1. The van der Waals surface area contributed by atoms with E-state index in [1.54, 1.807) is 17.0 Å². The first-order valence-corrected chi connectivity index (χ1v) is 9.11. The molecule has 8 heteroatoms. The number of aliphatic imine (C=N–C) groups is 1. The van der Waals surface area contributed by atoms with Crippen LogP contribution < -0.4 is 5.32 Å². The Kier molecular flexibility index (Phi) is 9.42. The average Bonchev–Trinajstić information content (AvgIpc) is 3.19. The molecule has 0 spiro atoms. The second-order valence-electron chi connectivity index (χ2n) is 6.36. The Morgan fingerprint density at radius 1 is 1.23 bits per heavy atom. The maximum absolute atomic E-state index is 12.3. The fourth-order valence-electron chi connectivity index (χ4n) is 2.80. The molecule has 1 aliphatic rings. The summed E-state index contributed by atoms with van der Waals surface area (Å²) < 4.78 is 5.19. The van der Waals surface area contributed by atoms with Gasteiger partial charge < -0.3 is 24.6 Å². The third kappa shape index (κ3) is 5.87. The Morgan fingerprint density at radius 2 is 1.85 bits per heavy atom. The highest BCUT2D eigenvalue weighted by Gasteiger charge is 2.26. The number of carbonyl (C=O) groups is 1. The number of guanidine groups is 1. The smallest absolute Gasteiger partial charge is 0.289 e. The van der Waals surface area contributed by atoms with Crippen LogP contribution in [0, 0.1) is 0 Å². The lowest BCUT2D eigenvalue weighted by molar-refractivity contribution is 0.0414. The van der Waals surface area contributed by atoms with Gasteiger partial charge in [0.2, 0.25) is 0 Å². The zero-order valence-electron chi connectivity index (χ0n) is 15.9. The van der Waals surface area contributed by atoms with Gasteiger partial charge in [0, 0.05) is 32.7 Å². The fraction of sp³-hybridized carbons (Fsp3) is 0.667. The average molecular weight is 478 g/mol. The van der Waals surface area contributed by atoms with E-state index in [1.807, 2.05) is 20.8 Å². The van der Waals surface area contributed by atoms with E-state index in [0.29, 0.717) is 51.3 Å². The standard InChI is InChI=1S/C18H30N4O3.HI/c1-4-18(24,5-2)14-20-17(19-6-3)22-11-9-21(10-12-22)16(23)15-8-7-13-25-15;/h7-8,13,24H,4-6,9-12,14H2,1-3H3,(H,19,20);1H. The molecule has 0 saturated carbocycles. The molecule has 2 rings (SSSR count). The van der Waals surface area contributed by atoms with Crippen molar-refractivity contribution in [2.45, 2.75) is 39.2 Å². The molecule has 2 heterocycles. The zero-order chi connectivity index (χ0) is 18.3. The van der Waals surface area contributed by atoms with Gasteiger partial charge in [-0.05, 0) is 31.9 Å². The molecule has 0 aromatic carbocycles. The van der Waals surface area contributed by atoms with E-state index < -0.39 is 5.60 Å². The molecule has 0 radical (unpaired) electrons. The Labute approximate surface area is 172 Å². The van der Waals surface area contributed by atoms with Gasteiger partial charge >= 0.3 is 0 Å². The molecule has 26 heavy (non-hydrogen) atoms. The summed E-state index contributed by atoms with van der Waals surface area (Å²) >= 11 is 0. The van der Waals surface area contributed by atoms with Crippen LogP contribution in [0.4, 0.5) is 0 Å². The van der Waals surface area contributed by atoms with E-state index >= 15 is 0 Å². The minimum Gasteiger partial charge on any atom is -0.459 e. The number of piperazine rings is 1. The summed E-state index contributed by atoms with van der Waals surface area (Å²) in [6, 6.07) is 3.42. The van der Waals surface area contributed by atoms with E-state index in [9.17, 15) is 9.90 Å². The summed E-state index contributed by atoms with van der Waals surface area (Å²) in [5.74, 6) is 1.11. The second-order valence-corrected chi connectivity index (χ2v) is 6.36. The third-order valence-corrected chi connectivity index (χ3v) is 4.77. The van der Waals surface area contributed by atoms with Gasteiger partial charge in [-0.3, -0.25) is 9.79 Å². The van der Waals surface area contributed by atoms with Crippen LogP contribution in [0.2, 0.25) is 0 Å². The van der Waals surface area contributed by atoms with Crippen molar-refractivity contribution >= 4 is 35.8 Å². The number of hydrogen-bond donors (Lipinski definition) is 2. The van der Waals surface area contributed by atoms with Crippen molar-refractivity contribution in [3.8, 4) is 0 Å². The van der Waals surface area contributed by atoms with Crippen LogP contribution >= 0.6 is 24.0 Å². The number of halogens is 1. The maximum atomic E-state index is 12.3. The van der Waals surface area contributed by atoms with Crippen LogP contribution in [0.1, 0.15) is 44.2 Å². The SMILES string of the molecule is CCNC(=NCC(O)(CC)CC)N1CCN(C(=O)c2ccco2)CC1.I. The second kappa shape index (κ2) is 10.8. The van der Waals surface area contributed by atoms with Crippen molar-refractivity contribution in [3.63, 3.8) is 0 Å². The summed E-state index contributed by atoms with van der Waals surface area (Å²) in [6.45, 7) is 9.78. The van der Waals surface area contributed by atoms with Crippen molar-refractivity contribution in [2.24, 2.45) is 4.99 Å².